The van der Waals surface area contributed by atoms with Gasteiger partial charge in [-0.25, -0.2) is 4.98 Å². The lowest BCUT2D eigenvalue weighted by Crippen LogP contribution is -2.32. The van der Waals surface area contributed by atoms with Crippen molar-refractivity contribution in [3.63, 3.8) is 0 Å². The Morgan fingerprint density at radius 3 is 2.73 bits per heavy atom. The van der Waals surface area contributed by atoms with Crippen molar-refractivity contribution in [1.82, 2.24) is 10.3 Å². The molecule has 0 atom stereocenters. The third-order valence-corrected chi connectivity index (χ3v) is 2.84. The Kier molecular flexibility index (Phi) is 2.27. The zero-order chi connectivity index (χ0) is 11.1. The van der Waals surface area contributed by atoms with E-state index in [-0.39, 0.29) is 5.54 Å². The number of benzene rings is 1. The van der Waals surface area contributed by atoms with Crippen molar-refractivity contribution in [2.45, 2.75) is 26.3 Å². The first-order chi connectivity index (χ1) is 7.03. The third-order valence-electron chi connectivity index (χ3n) is 2.84. The fraction of sp³-hybridized carbons (Fsp3) is 0.417. The average Bonchev–Trinajstić information content (AvgIpc) is 2.56. The van der Waals surface area contributed by atoms with Crippen molar-refractivity contribution in [2.75, 3.05) is 7.05 Å². The van der Waals surface area contributed by atoms with E-state index in [1.54, 1.807) is 0 Å². The van der Waals surface area contributed by atoms with Gasteiger partial charge < -0.3 is 9.73 Å². The first-order valence-electron chi connectivity index (χ1n) is 5.09. The molecule has 2 aromatic rings. The second-order valence-corrected chi connectivity index (χ2v) is 4.29. The number of aromatic nitrogens is 1. The molecule has 2 rings (SSSR count). The number of oxazole rings is 1. The molecule has 0 aliphatic rings. The van der Waals surface area contributed by atoms with Gasteiger partial charge in [-0.2, -0.15) is 0 Å². The fourth-order valence-corrected chi connectivity index (χ4v) is 1.58. The summed E-state index contributed by atoms with van der Waals surface area (Å²) < 4.78 is 5.44. The lowest BCUT2D eigenvalue weighted by atomic mass is 9.94. The first kappa shape index (κ1) is 10.2. The van der Waals surface area contributed by atoms with Crippen molar-refractivity contribution < 1.29 is 4.42 Å². The molecule has 1 aromatic carbocycles. The van der Waals surface area contributed by atoms with Crippen LogP contribution in [0, 0.1) is 6.92 Å². The Balaban J connectivity index is 2.55. The minimum atomic E-state index is -0.0406. The highest BCUT2D eigenvalue weighted by atomic mass is 16.3. The summed E-state index contributed by atoms with van der Waals surface area (Å²) in [6.45, 7) is 6.14. The molecule has 3 heteroatoms. The molecule has 0 amide bonds. The van der Waals surface area contributed by atoms with Gasteiger partial charge in [-0.05, 0) is 38.6 Å². The van der Waals surface area contributed by atoms with Crippen molar-refractivity contribution in [3.05, 3.63) is 29.7 Å². The maximum atomic E-state index is 5.44. The van der Waals surface area contributed by atoms with Gasteiger partial charge in [0.25, 0.3) is 0 Å². The minimum Gasteiger partial charge on any atom is -0.441 e. The summed E-state index contributed by atoms with van der Waals surface area (Å²) in [5.41, 5.74) is 2.95. The molecule has 1 N–H and O–H groups in total. The van der Waals surface area contributed by atoms with E-state index in [0.29, 0.717) is 5.89 Å². The molecule has 0 saturated heterocycles. The summed E-state index contributed by atoms with van der Waals surface area (Å²) in [5, 5.41) is 3.27. The van der Waals surface area contributed by atoms with Gasteiger partial charge in [0, 0.05) is 12.5 Å². The van der Waals surface area contributed by atoms with Crippen molar-refractivity contribution >= 4 is 11.1 Å². The van der Waals surface area contributed by atoms with Crippen molar-refractivity contribution in [2.24, 2.45) is 0 Å². The number of hydrogen-bond donors (Lipinski definition) is 1. The fourth-order valence-electron chi connectivity index (χ4n) is 1.58. The number of fused-ring (bicyclic) bond motifs is 1. The normalized spacial score (nSPS) is 12.3. The van der Waals surface area contributed by atoms with Crippen LogP contribution in [0.5, 0.6) is 0 Å². The molecule has 3 nitrogen and oxygen atoms in total. The molecule has 0 aliphatic heterocycles. The molecule has 1 aromatic heterocycles. The van der Waals surface area contributed by atoms with Crippen LogP contribution in [0.25, 0.3) is 11.1 Å². The zero-order valence-corrected chi connectivity index (χ0v) is 9.59. The van der Waals surface area contributed by atoms with Crippen LogP contribution in [0.2, 0.25) is 0 Å². The molecule has 80 valence electrons. The molecule has 0 spiro atoms. The molecule has 0 saturated carbocycles. The van der Waals surface area contributed by atoms with Gasteiger partial charge in [-0.15, -0.1) is 0 Å². The number of hydrogen-bond acceptors (Lipinski definition) is 3. The second kappa shape index (κ2) is 3.35. The highest BCUT2D eigenvalue weighted by Crippen LogP contribution is 2.24. The molecule has 0 fully saturated rings. The Hall–Kier alpha value is -1.35. The Labute approximate surface area is 89.5 Å². The SMILES string of the molecule is CNC(C)(C)c1ccc2oc(C)nc2c1. The monoisotopic (exact) mass is 204 g/mol. The number of rotatable bonds is 2. The summed E-state index contributed by atoms with van der Waals surface area (Å²) in [6.07, 6.45) is 0. The first-order valence-corrected chi connectivity index (χ1v) is 5.09. The van der Waals surface area contributed by atoms with Crippen LogP contribution >= 0.6 is 0 Å². The number of aryl methyl sites for hydroxylation is 1. The molecule has 0 bridgehead atoms. The van der Waals surface area contributed by atoms with Gasteiger partial charge >= 0.3 is 0 Å². The summed E-state index contributed by atoms with van der Waals surface area (Å²) in [4.78, 5) is 4.33. The Morgan fingerprint density at radius 2 is 2.07 bits per heavy atom. The van der Waals surface area contributed by atoms with E-state index in [1.165, 1.54) is 5.56 Å². The van der Waals surface area contributed by atoms with Crippen LogP contribution in [0.3, 0.4) is 0 Å². The molecular weight excluding hydrogens is 188 g/mol. The Morgan fingerprint density at radius 1 is 1.33 bits per heavy atom. The van der Waals surface area contributed by atoms with Crippen LogP contribution in [0.1, 0.15) is 25.3 Å². The van der Waals surface area contributed by atoms with Crippen molar-refractivity contribution in [1.29, 1.82) is 0 Å². The van der Waals surface area contributed by atoms with E-state index in [0.717, 1.165) is 11.1 Å². The van der Waals surface area contributed by atoms with E-state index < -0.39 is 0 Å². The predicted molar refractivity (Wildman–Crippen MR) is 60.8 cm³/mol. The number of nitrogens with one attached hydrogen (secondary N) is 1. The van der Waals surface area contributed by atoms with Crippen LogP contribution in [0.4, 0.5) is 0 Å². The van der Waals surface area contributed by atoms with E-state index in [9.17, 15) is 0 Å². The third kappa shape index (κ3) is 1.75. The standard InChI is InChI=1S/C12H16N2O/c1-8-14-10-7-9(12(2,3)13-4)5-6-11(10)15-8/h5-7,13H,1-4H3. The maximum absolute atomic E-state index is 5.44. The van der Waals surface area contributed by atoms with E-state index >= 15 is 0 Å². The topological polar surface area (TPSA) is 38.1 Å². The van der Waals surface area contributed by atoms with Crippen molar-refractivity contribution in [3.8, 4) is 0 Å². The summed E-state index contributed by atoms with van der Waals surface area (Å²) in [5.74, 6) is 0.712. The molecule has 0 radical (unpaired) electrons. The van der Waals surface area contributed by atoms with Crippen LogP contribution in [0.15, 0.2) is 22.6 Å². The largest absolute Gasteiger partial charge is 0.441 e. The lowest BCUT2D eigenvalue weighted by molar-refractivity contribution is 0.445. The quantitative estimate of drug-likeness (QED) is 0.817. The van der Waals surface area contributed by atoms with Crippen LogP contribution in [-0.2, 0) is 5.54 Å². The van der Waals surface area contributed by atoms with Gasteiger partial charge in [0.2, 0.25) is 0 Å². The zero-order valence-electron chi connectivity index (χ0n) is 9.59. The van der Waals surface area contributed by atoms with Gasteiger partial charge in [0.15, 0.2) is 11.5 Å². The maximum Gasteiger partial charge on any atom is 0.192 e. The molecule has 0 unspecified atom stereocenters. The van der Waals surface area contributed by atoms with Gasteiger partial charge in [0.1, 0.15) is 5.52 Å². The van der Waals surface area contributed by atoms with Gasteiger partial charge in [0.05, 0.1) is 0 Å². The lowest BCUT2D eigenvalue weighted by Gasteiger charge is -2.24. The summed E-state index contributed by atoms with van der Waals surface area (Å²) >= 11 is 0. The minimum absolute atomic E-state index is 0.0406. The molecule has 15 heavy (non-hydrogen) atoms. The predicted octanol–water partition coefficient (Wildman–Crippen LogP) is 2.59. The molecule has 0 aliphatic carbocycles. The van der Waals surface area contributed by atoms with E-state index in [1.807, 2.05) is 20.0 Å². The molecular formula is C12H16N2O. The Bertz CT molecular complexity index is 485. The second-order valence-electron chi connectivity index (χ2n) is 4.29. The van der Waals surface area contributed by atoms with Gasteiger partial charge in [-0.1, -0.05) is 6.07 Å². The summed E-state index contributed by atoms with van der Waals surface area (Å²) in [7, 11) is 1.96. The number of nitrogens with zero attached hydrogens (tertiary/aromatic N) is 1. The smallest absolute Gasteiger partial charge is 0.192 e. The average molecular weight is 204 g/mol. The van der Waals surface area contributed by atoms with Crippen LogP contribution in [-0.4, -0.2) is 12.0 Å². The summed E-state index contributed by atoms with van der Waals surface area (Å²) in [6, 6.07) is 6.12. The van der Waals surface area contributed by atoms with Crippen LogP contribution < -0.4 is 5.32 Å². The highest BCUT2D eigenvalue weighted by molar-refractivity contribution is 5.73. The van der Waals surface area contributed by atoms with E-state index in [2.05, 4.69) is 36.3 Å². The van der Waals surface area contributed by atoms with E-state index in [4.69, 9.17) is 4.42 Å². The highest BCUT2D eigenvalue weighted by Gasteiger charge is 2.18. The van der Waals surface area contributed by atoms with Gasteiger partial charge in [-0.3, -0.25) is 0 Å². The molecule has 1 heterocycles.